The molecule has 1 aromatic rings. The van der Waals surface area contributed by atoms with Crippen molar-refractivity contribution in [3.8, 4) is 5.75 Å². The molecule has 0 aliphatic carbocycles. The Labute approximate surface area is 103 Å². The average molecular weight is 288 g/mol. The molecule has 1 unspecified atom stereocenters. The van der Waals surface area contributed by atoms with Gasteiger partial charge in [-0.2, -0.15) is 0 Å². The maximum atomic E-state index is 11.3. The second-order valence-electron chi connectivity index (χ2n) is 3.37. The van der Waals surface area contributed by atoms with Crippen molar-refractivity contribution >= 4 is 21.8 Å². The molecular weight excluding hydrogens is 274 g/mol. The number of halogens is 1. The van der Waals surface area contributed by atoms with Crippen molar-refractivity contribution < 1.29 is 14.6 Å². The third kappa shape index (κ3) is 4.63. The Bertz CT molecular complexity index is 355. The molecule has 0 saturated carbocycles. The summed E-state index contributed by atoms with van der Waals surface area (Å²) in [5.74, 6) is 0.367. The highest BCUT2D eigenvalue weighted by Gasteiger charge is 2.05. The molecule has 0 fully saturated rings. The summed E-state index contributed by atoms with van der Waals surface area (Å²) in [6.07, 6.45) is -0.549. The molecule has 4 nitrogen and oxygen atoms in total. The summed E-state index contributed by atoms with van der Waals surface area (Å²) in [7, 11) is 0. The van der Waals surface area contributed by atoms with Crippen molar-refractivity contribution in [1.29, 1.82) is 0 Å². The topological polar surface area (TPSA) is 58.6 Å². The van der Waals surface area contributed by atoms with Crippen LogP contribution in [0.15, 0.2) is 28.7 Å². The Hall–Kier alpha value is -1.07. The predicted octanol–water partition coefficient (Wildman–Crippen LogP) is 1.32. The largest absolute Gasteiger partial charge is 0.483 e. The Kier molecular flexibility index (Phi) is 5.28. The maximum Gasteiger partial charge on any atom is 0.258 e. The van der Waals surface area contributed by atoms with Crippen molar-refractivity contribution in [3.05, 3.63) is 28.7 Å². The number of hydrogen-bond acceptors (Lipinski definition) is 3. The quantitative estimate of drug-likeness (QED) is 0.859. The van der Waals surface area contributed by atoms with E-state index < -0.39 is 6.10 Å². The second-order valence-corrected chi connectivity index (χ2v) is 4.23. The van der Waals surface area contributed by atoms with Gasteiger partial charge >= 0.3 is 0 Å². The molecular formula is C11H14BrNO3. The number of rotatable bonds is 5. The van der Waals surface area contributed by atoms with Crippen molar-refractivity contribution in [3.63, 3.8) is 0 Å². The number of nitrogens with one attached hydrogen (secondary N) is 1. The molecule has 0 spiro atoms. The third-order valence-corrected chi connectivity index (χ3v) is 2.45. The molecule has 0 aliphatic heterocycles. The van der Waals surface area contributed by atoms with Gasteiger partial charge in [0.05, 0.1) is 10.6 Å². The van der Waals surface area contributed by atoms with E-state index >= 15 is 0 Å². The molecule has 1 atom stereocenters. The summed E-state index contributed by atoms with van der Waals surface area (Å²) in [5.41, 5.74) is 0. The van der Waals surface area contributed by atoms with Crippen LogP contribution in [0.3, 0.4) is 0 Å². The fourth-order valence-corrected chi connectivity index (χ4v) is 1.42. The lowest BCUT2D eigenvalue weighted by Gasteiger charge is -2.09. The number of hydrogen-bond donors (Lipinski definition) is 2. The molecule has 1 amide bonds. The Morgan fingerprint density at radius 2 is 2.25 bits per heavy atom. The van der Waals surface area contributed by atoms with Gasteiger partial charge in [-0.25, -0.2) is 0 Å². The van der Waals surface area contributed by atoms with Crippen LogP contribution in [0.25, 0.3) is 0 Å². The van der Waals surface area contributed by atoms with Gasteiger partial charge in [-0.3, -0.25) is 4.79 Å². The van der Waals surface area contributed by atoms with Gasteiger partial charge in [0.25, 0.3) is 5.91 Å². The van der Waals surface area contributed by atoms with Gasteiger partial charge in [0.2, 0.25) is 0 Å². The van der Waals surface area contributed by atoms with Crippen molar-refractivity contribution in [1.82, 2.24) is 5.32 Å². The molecule has 16 heavy (non-hydrogen) atoms. The summed E-state index contributed by atoms with van der Waals surface area (Å²) >= 11 is 3.31. The minimum absolute atomic E-state index is 0.0602. The van der Waals surface area contributed by atoms with Gasteiger partial charge < -0.3 is 15.2 Å². The van der Waals surface area contributed by atoms with Gasteiger partial charge in [0, 0.05) is 6.54 Å². The number of aliphatic hydroxyl groups excluding tert-OH is 1. The van der Waals surface area contributed by atoms with Crippen LogP contribution in [0.1, 0.15) is 6.92 Å². The fourth-order valence-electron chi connectivity index (χ4n) is 1.02. The van der Waals surface area contributed by atoms with E-state index in [-0.39, 0.29) is 19.1 Å². The lowest BCUT2D eigenvalue weighted by Crippen LogP contribution is -2.34. The van der Waals surface area contributed by atoms with Gasteiger partial charge in [-0.1, -0.05) is 12.1 Å². The minimum atomic E-state index is -0.549. The fraction of sp³-hybridized carbons (Fsp3) is 0.364. The molecule has 0 aromatic heterocycles. The average Bonchev–Trinajstić information content (AvgIpc) is 2.25. The van der Waals surface area contributed by atoms with Gasteiger partial charge in [0.15, 0.2) is 6.61 Å². The Balaban J connectivity index is 2.35. The molecule has 2 N–H and O–H groups in total. The second kappa shape index (κ2) is 6.50. The number of carbonyl (C=O) groups is 1. The lowest BCUT2D eigenvalue weighted by molar-refractivity contribution is -0.123. The van der Waals surface area contributed by atoms with Gasteiger partial charge in [0.1, 0.15) is 5.75 Å². The van der Waals surface area contributed by atoms with E-state index in [9.17, 15) is 4.79 Å². The summed E-state index contributed by atoms with van der Waals surface area (Å²) in [6.45, 7) is 1.78. The van der Waals surface area contributed by atoms with Crippen molar-refractivity contribution in [2.45, 2.75) is 13.0 Å². The van der Waals surface area contributed by atoms with E-state index in [4.69, 9.17) is 9.84 Å². The molecule has 0 saturated heterocycles. The minimum Gasteiger partial charge on any atom is -0.483 e. The first-order valence-corrected chi connectivity index (χ1v) is 5.71. The molecule has 0 aliphatic rings. The molecule has 0 heterocycles. The van der Waals surface area contributed by atoms with E-state index in [1.807, 2.05) is 18.2 Å². The van der Waals surface area contributed by atoms with Crippen LogP contribution in [0, 0.1) is 0 Å². The highest BCUT2D eigenvalue weighted by Crippen LogP contribution is 2.23. The van der Waals surface area contributed by atoms with Crippen molar-refractivity contribution in [2.24, 2.45) is 0 Å². The number of para-hydroxylation sites is 1. The van der Waals surface area contributed by atoms with E-state index in [1.165, 1.54) is 0 Å². The standard InChI is InChI=1S/C11H14BrNO3/c1-8(14)6-13-11(15)7-16-10-5-3-2-4-9(10)12/h2-5,8,14H,6-7H2,1H3,(H,13,15). The van der Waals surface area contributed by atoms with Crippen LogP contribution in [0.5, 0.6) is 5.75 Å². The number of aliphatic hydroxyl groups is 1. The maximum absolute atomic E-state index is 11.3. The highest BCUT2D eigenvalue weighted by molar-refractivity contribution is 9.10. The SMILES string of the molecule is CC(O)CNC(=O)COc1ccccc1Br. The zero-order chi connectivity index (χ0) is 12.0. The normalized spacial score (nSPS) is 11.9. The molecule has 88 valence electrons. The van der Waals surface area contributed by atoms with E-state index in [1.54, 1.807) is 13.0 Å². The predicted molar refractivity (Wildman–Crippen MR) is 64.3 cm³/mol. The number of amides is 1. The van der Waals surface area contributed by atoms with E-state index in [0.717, 1.165) is 4.47 Å². The number of benzene rings is 1. The summed E-state index contributed by atoms with van der Waals surface area (Å²) < 4.78 is 6.09. The first-order valence-electron chi connectivity index (χ1n) is 4.91. The molecule has 0 bridgehead atoms. The van der Waals surface area contributed by atoms with Crippen molar-refractivity contribution in [2.75, 3.05) is 13.2 Å². The van der Waals surface area contributed by atoms with E-state index in [2.05, 4.69) is 21.2 Å². The Morgan fingerprint density at radius 1 is 1.56 bits per heavy atom. The number of carbonyl (C=O) groups excluding carboxylic acids is 1. The molecule has 0 radical (unpaired) electrons. The smallest absolute Gasteiger partial charge is 0.258 e. The van der Waals surface area contributed by atoms with Crippen LogP contribution in [-0.4, -0.2) is 30.3 Å². The first-order chi connectivity index (χ1) is 7.59. The molecule has 5 heteroatoms. The summed E-state index contributed by atoms with van der Waals surface area (Å²) in [5, 5.41) is 11.5. The van der Waals surface area contributed by atoms with Crippen LogP contribution < -0.4 is 10.1 Å². The third-order valence-electron chi connectivity index (χ3n) is 1.79. The Morgan fingerprint density at radius 3 is 2.88 bits per heavy atom. The number of ether oxygens (including phenoxy) is 1. The summed E-state index contributed by atoms with van der Waals surface area (Å²) in [6, 6.07) is 7.30. The zero-order valence-corrected chi connectivity index (χ0v) is 10.5. The van der Waals surface area contributed by atoms with Gasteiger partial charge in [-0.15, -0.1) is 0 Å². The molecule has 1 rings (SSSR count). The summed E-state index contributed by atoms with van der Waals surface area (Å²) in [4.78, 5) is 11.3. The van der Waals surface area contributed by atoms with Crippen LogP contribution >= 0.6 is 15.9 Å². The van der Waals surface area contributed by atoms with E-state index in [0.29, 0.717) is 5.75 Å². The zero-order valence-electron chi connectivity index (χ0n) is 8.94. The van der Waals surface area contributed by atoms with Crippen LogP contribution in [0.2, 0.25) is 0 Å². The van der Waals surface area contributed by atoms with Crippen LogP contribution in [0.4, 0.5) is 0 Å². The lowest BCUT2D eigenvalue weighted by atomic mass is 10.3. The van der Waals surface area contributed by atoms with Crippen LogP contribution in [-0.2, 0) is 4.79 Å². The highest BCUT2D eigenvalue weighted by atomic mass is 79.9. The first kappa shape index (κ1) is 13.0. The van der Waals surface area contributed by atoms with Gasteiger partial charge in [-0.05, 0) is 35.0 Å². The molecule has 1 aromatic carbocycles. The monoisotopic (exact) mass is 287 g/mol.